The van der Waals surface area contributed by atoms with Gasteiger partial charge in [0.15, 0.2) is 0 Å². The van der Waals surface area contributed by atoms with Crippen molar-refractivity contribution in [3.8, 4) is 6.07 Å². The minimum Gasteiger partial charge on any atom is -0.325 e. The van der Waals surface area contributed by atoms with E-state index in [1.54, 1.807) is 12.1 Å². The lowest BCUT2D eigenvalue weighted by Crippen LogP contribution is -2.23. The number of halogens is 1. The molecule has 0 fully saturated rings. The summed E-state index contributed by atoms with van der Waals surface area (Å²) in [5.41, 5.74) is 5.67. The Kier molecular flexibility index (Phi) is 6.83. The van der Waals surface area contributed by atoms with E-state index in [-0.39, 0.29) is 5.91 Å². The Balaban J connectivity index is 1.50. The van der Waals surface area contributed by atoms with E-state index >= 15 is 0 Å². The highest BCUT2D eigenvalue weighted by Gasteiger charge is 2.25. The number of fused-ring (bicyclic) bond motifs is 1. The quantitative estimate of drug-likeness (QED) is 0.452. The summed E-state index contributed by atoms with van der Waals surface area (Å²) in [6.45, 7) is 3.75. The van der Waals surface area contributed by atoms with E-state index < -0.39 is 5.25 Å². The van der Waals surface area contributed by atoms with Gasteiger partial charge in [0, 0.05) is 16.4 Å². The predicted molar refractivity (Wildman–Crippen MR) is 130 cm³/mol. The van der Waals surface area contributed by atoms with Gasteiger partial charge < -0.3 is 5.32 Å². The summed E-state index contributed by atoms with van der Waals surface area (Å²) in [4.78, 5) is 17.6. The van der Waals surface area contributed by atoms with Crippen LogP contribution in [0.1, 0.15) is 47.2 Å². The van der Waals surface area contributed by atoms with Crippen molar-refractivity contribution < 1.29 is 4.79 Å². The minimum absolute atomic E-state index is 0.145. The molecule has 0 radical (unpaired) electrons. The number of pyridine rings is 1. The molecule has 162 valence electrons. The summed E-state index contributed by atoms with van der Waals surface area (Å²) in [7, 11) is 0. The predicted octanol–water partition coefficient (Wildman–Crippen LogP) is 6.31. The van der Waals surface area contributed by atoms with Gasteiger partial charge in [-0.15, -0.1) is 0 Å². The van der Waals surface area contributed by atoms with Gasteiger partial charge in [0.25, 0.3) is 0 Å². The first kappa shape index (κ1) is 22.4. The van der Waals surface area contributed by atoms with Crippen LogP contribution in [-0.4, -0.2) is 16.1 Å². The highest BCUT2D eigenvalue weighted by Crippen LogP contribution is 2.35. The Morgan fingerprint density at radius 3 is 2.78 bits per heavy atom. The number of nitriles is 1. The van der Waals surface area contributed by atoms with E-state index in [1.165, 1.54) is 17.3 Å². The summed E-state index contributed by atoms with van der Waals surface area (Å²) in [6, 6.07) is 20.2. The molecule has 0 spiro atoms. The number of thioether (sulfide) groups is 1. The zero-order chi connectivity index (χ0) is 22.7. The monoisotopic (exact) mass is 461 g/mol. The Bertz CT molecular complexity index is 1190. The molecule has 1 aromatic heterocycles. The Hall–Kier alpha value is -2.81. The molecule has 4 nitrogen and oxygen atoms in total. The van der Waals surface area contributed by atoms with Crippen LogP contribution >= 0.6 is 23.4 Å². The van der Waals surface area contributed by atoms with E-state index in [1.807, 2.05) is 32.0 Å². The fraction of sp³-hybridized carbons (Fsp3) is 0.269. The van der Waals surface area contributed by atoms with Crippen LogP contribution in [0.2, 0.25) is 5.02 Å². The number of hydrogen-bond donors (Lipinski definition) is 1. The number of nitrogens with one attached hydrogen (secondary N) is 1. The van der Waals surface area contributed by atoms with Crippen LogP contribution in [0, 0.1) is 18.3 Å². The molecule has 0 saturated carbocycles. The van der Waals surface area contributed by atoms with E-state index in [0.29, 0.717) is 27.2 Å². The molecule has 0 bridgehead atoms. The van der Waals surface area contributed by atoms with Crippen LogP contribution in [-0.2, 0) is 17.6 Å². The number of hydrogen-bond acceptors (Lipinski definition) is 4. The summed E-state index contributed by atoms with van der Waals surface area (Å²) in [6.07, 6.45) is 2.79. The highest BCUT2D eigenvalue weighted by atomic mass is 35.5. The van der Waals surface area contributed by atoms with Crippen LogP contribution in [0.15, 0.2) is 59.6 Å². The topological polar surface area (TPSA) is 65.8 Å². The van der Waals surface area contributed by atoms with Gasteiger partial charge in [-0.1, -0.05) is 59.8 Å². The Morgan fingerprint density at radius 2 is 2.03 bits per heavy atom. The molecule has 0 aliphatic heterocycles. The van der Waals surface area contributed by atoms with E-state index in [9.17, 15) is 10.1 Å². The number of carbonyl (C=O) groups excluding carboxylic acids is 1. The number of anilines is 1. The third kappa shape index (κ3) is 4.98. The molecule has 4 rings (SSSR count). The fourth-order valence-electron chi connectivity index (χ4n) is 4.01. The van der Waals surface area contributed by atoms with Crippen LogP contribution in [0.3, 0.4) is 0 Å². The number of nitrogens with zero attached hydrogens (tertiary/aromatic N) is 2. The summed E-state index contributed by atoms with van der Waals surface area (Å²) < 4.78 is 0. The molecule has 32 heavy (non-hydrogen) atoms. The average Bonchev–Trinajstić information content (AvgIpc) is 2.81. The summed E-state index contributed by atoms with van der Waals surface area (Å²) >= 11 is 7.39. The molecule has 1 heterocycles. The lowest BCUT2D eigenvalue weighted by atomic mass is 9.82. The first-order chi connectivity index (χ1) is 15.4. The molecular weight excluding hydrogens is 438 g/mol. The van der Waals surface area contributed by atoms with Crippen molar-refractivity contribution in [1.29, 1.82) is 5.26 Å². The number of carbonyl (C=O) groups is 1. The van der Waals surface area contributed by atoms with Crippen molar-refractivity contribution in [3.63, 3.8) is 0 Å². The second-order valence-electron chi connectivity index (χ2n) is 8.12. The summed E-state index contributed by atoms with van der Waals surface area (Å²) in [5, 5.41) is 13.5. The average molecular weight is 462 g/mol. The molecular formula is C26H24ClN3OS. The number of rotatable bonds is 5. The van der Waals surface area contributed by atoms with Crippen LogP contribution in [0.25, 0.3) is 0 Å². The first-order valence-corrected chi connectivity index (χ1v) is 11.9. The van der Waals surface area contributed by atoms with Crippen molar-refractivity contribution in [2.24, 2.45) is 0 Å². The van der Waals surface area contributed by atoms with Gasteiger partial charge >= 0.3 is 0 Å². The maximum atomic E-state index is 12.8. The Labute approximate surface area is 198 Å². The maximum absolute atomic E-state index is 12.8. The zero-order valence-corrected chi connectivity index (χ0v) is 19.6. The van der Waals surface area contributed by atoms with E-state index in [2.05, 4.69) is 35.7 Å². The van der Waals surface area contributed by atoms with Gasteiger partial charge in [0.1, 0.15) is 11.1 Å². The third-order valence-corrected chi connectivity index (χ3v) is 7.20. The third-order valence-electron chi connectivity index (χ3n) is 5.86. The lowest BCUT2D eigenvalue weighted by Gasteiger charge is -2.25. The Morgan fingerprint density at radius 1 is 1.25 bits per heavy atom. The van der Waals surface area contributed by atoms with Gasteiger partial charge in [-0.05, 0) is 73.9 Å². The number of aryl methyl sites for hydroxylation is 2. The highest BCUT2D eigenvalue weighted by molar-refractivity contribution is 8.00. The zero-order valence-electron chi connectivity index (χ0n) is 18.1. The molecule has 2 unspecified atom stereocenters. The van der Waals surface area contributed by atoms with Crippen molar-refractivity contribution in [2.45, 2.75) is 49.3 Å². The summed E-state index contributed by atoms with van der Waals surface area (Å²) in [5.74, 6) is 0.300. The molecule has 1 aliphatic rings. The van der Waals surface area contributed by atoms with Crippen molar-refractivity contribution in [3.05, 3.63) is 87.6 Å². The SMILES string of the molecule is Cc1ccc(Cl)cc1NC(=O)C(C)Sc1nc2c(cc1C#N)CC(c1ccccc1)CC2. The second-order valence-corrected chi connectivity index (χ2v) is 9.88. The van der Waals surface area contributed by atoms with Gasteiger partial charge in [0.05, 0.1) is 10.8 Å². The molecule has 0 saturated heterocycles. The van der Waals surface area contributed by atoms with Crippen LogP contribution in [0.5, 0.6) is 0 Å². The van der Waals surface area contributed by atoms with Gasteiger partial charge in [0.2, 0.25) is 5.91 Å². The van der Waals surface area contributed by atoms with Crippen LogP contribution in [0.4, 0.5) is 5.69 Å². The van der Waals surface area contributed by atoms with E-state index in [0.717, 1.165) is 36.1 Å². The first-order valence-electron chi connectivity index (χ1n) is 10.7. The molecule has 1 amide bonds. The molecule has 1 aliphatic carbocycles. The fourth-order valence-corrected chi connectivity index (χ4v) is 5.08. The molecule has 2 aromatic carbocycles. The van der Waals surface area contributed by atoms with Crippen molar-refractivity contribution >= 4 is 35.0 Å². The number of amides is 1. The van der Waals surface area contributed by atoms with Crippen molar-refractivity contribution in [2.75, 3.05) is 5.32 Å². The van der Waals surface area contributed by atoms with Gasteiger partial charge in [-0.2, -0.15) is 5.26 Å². The molecule has 1 N–H and O–H groups in total. The smallest absolute Gasteiger partial charge is 0.237 e. The maximum Gasteiger partial charge on any atom is 0.237 e. The van der Waals surface area contributed by atoms with Crippen LogP contribution < -0.4 is 5.32 Å². The number of benzene rings is 2. The van der Waals surface area contributed by atoms with E-state index in [4.69, 9.17) is 16.6 Å². The largest absolute Gasteiger partial charge is 0.325 e. The standard InChI is InChI=1S/C26H24ClN3OS/c1-16-8-10-22(27)14-24(16)29-25(31)17(2)32-26-21(15-28)13-20-12-19(9-11-23(20)30-26)18-6-4-3-5-7-18/h3-8,10,13-14,17,19H,9,11-12H2,1-2H3,(H,29,31). The van der Waals surface area contributed by atoms with Crippen molar-refractivity contribution in [1.82, 2.24) is 4.98 Å². The molecule has 3 aromatic rings. The molecule has 2 atom stereocenters. The number of aromatic nitrogens is 1. The minimum atomic E-state index is -0.410. The normalized spacial score (nSPS) is 16.0. The lowest BCUT2D eigenvalue weighted by molar-refractivity contribution is -0.115. The van der Waals surface area contributed by atoms with Gasteiger partial charge in [-0.25, -0.2) is 4.98 Å². The van der Waals surface area contributed by atoms with Gasteiger partial charge in [-0.3, -0.25) is 4.79 Å². The molecule has 6 heteroatoms. The second kappa shape index (κ2) is 9.77.